The van der Waals surface area contributed by atoms with Crippen molar-refractivity contribution in [2.75, 3.05) is 5.32 Å². The number of hydrogen-bond donors (Lipinski definition) is 1. The summed E-state index contributed by atoms with van der Waals surface area (Å²) in [5, 5.41) is 8.60. The molecule has 2 amide bonds. The van der Waals surface area contributed by atoms with E-state index in [0.29, 0.717) is 33.8 Å². The first kappa shape index (κ1) is 26.6. The highest BCUT2D eigenvalue weighted by Crippen LogP contribution is 2.46. The minimum Gasteiger partial charge on any atom is -0.373 e. The molecule has 7 rings (SSSR count). The molecule has 8 heteroatoms. The number of hydrogen-bond acceptors (Lipinski definition) is 4. The number of rotatable bonds is 7. The van der Waals surface area contributed by atoms with Gasteiger partial charge in [-0.25, -0.2) is 4.79 Å². The van der Waals surface area contributed by atoms with E-state index in [1.165, 1.54) is 0 Å². The van der Waals surface area contributed by atoms with Crippen LogP contribution in [0.3, 0.4) is 0 Å². The smallest absolute Gasteiger partial charge is 0.322 e. The molecule has 3 aliphatic rings. The maximum Gasteiger partial charge on any atom is 0.322 e. The number of urea groups is 1. The van der Waals surface area contributed by atoms with Crippen molar-refractivity contribution < 1.29 is 14.1 Å². The predicted molar refractivity (Wildman–Crippen MR) is 161 cm³/mol. The molecule has 1 aliphatic carbocycles. The maximum atomic E-state index is 13.4. The Morgan fingerprint density at radius 3 is 2.20 bits per heavy atom. The Kier molecular flexibility index (Phi) is 7.23. The lowest BCUT2D eigenvalue weighted by Gasteiger charge is -2.38. The first-order valence-electron chi connectivity index (χ1n) is 14.3. The number of nitrogens with one attached hydrogen (secondary N) is 1. The average molecular weight is 589 g/mol. The molecule has 210 valence electrons. The van der Waals surface area contributed by atoms with Gasteiger partial charge in [-0.05, 0) is 73.9 Å². The quantitative estimate of drug-likeness (QED) is 0.234. The summed E-state index contributed by atoms with van der Waals surface area (Å²) in [6, 6.07) is 24.0. The third-order valence-electron chi connectivity index (χ3n) is 8.60. The first-order valence-corrected chi connectivity index (χ1v) is 15.1. The molecule has 2 aliphatic heterocycles. The average Bonchev–Trinajstić information content (AvgIpc) is 3.69. The van der Waals surface area contributed by atoms with E-state index in [2.05, 4.69) is 22.6 Å². The summed E-state index contributed by atoms with van der Waals surface area (Å²) in [7, 11) is 0. The Labute approximate surface area is 249 Å². The Morgan fingerprint density at radius 1 is 0.878 bits per heavy atom. The molecule has 1 N–H and O–H groups in total. The fourth-order valence-electron chi connectivity index (χ4n) is 6.41. The van der Waals surface area contributed by atoms with Gasteiger partial charge >= 0.3 is 6.03 Å². The number of nitrogens with zero attached hydrogens (tertiary/aromatic N) is 2. The molecule has 0 spiro atoms. The second kappa shape index (κ2) is 11.2. The zero-order valence-corrected chi connectivity index (χ0v) is 24.1. The highest BCUT2D eigenvalue weighted by atomic mass is 35.5. The Morgan fingerprint density at radius 2 is 1.54 bits per heavy atom. The number of amides is 2. The molecule has 2 atom stereocenters. The summed E-state index contributed by atoms with van der Waals surface area (Å²) >= 11 is 13.0. The summed E-state index contributed by atoms with van der Waals surface area (Å²) in [5.41, 5.74) is 5.38. The van der Waals surface area contributed by atoms with Crippen LogP contribution in [0.1, 0.15) is 55.8 Å². The van der Waals surface area contributed by atoms with Crippen molar-refractivity contribution in [1.29, 1.82) is 0 Å². The number of aromatic nitrogens is 1. The Balaban J connectivity index is 1.01. The summed E-state index contributed by atoms with van der Waals surface area (Å²) in [5.74, 6) is 1.26. The molecule has 4 aromatic rings. The van der Waals surface area contributed by atoms with Crippen LogP contribution in [-0.4, -0.2) is 34.3 Å². The van der Waals surface area contributed by atoms with Crippen LogP contribution in [0.2, 0.25) is 10.0 Å². The number of ether oxygens (including phenoxy) is 1. The molecule has 2 bridgehead atoms. The van der Waals surface area contributed by atoms with E-state index in [0.717, 1.165) is 66.7 Å². The molecular weight excluding hydrogens is 557 g/mol. The number of carbonyl (C=O) groups is 1. The lowest BCUT2D eigenvalue weighted by molar-refractivity contribution is -0.0158. The van der Waals surface area contributed by atoms with Crippen LogP contribution in [0.15, 0.2) is 77.3 Å². The van der Waals surface area contributed by atoms with Gasteiger partial charge in [0.05, 0.1) is 22.8 Å². The van der Waals surface area contributed by atoms with Crippen molar-refractivity contribution in [3.05, 3.63) is 94.2 Å². The van der Waals surface area contributed by atoms with E-state index in [-0.39, 0.29) is 24.2 Å². The second-order valence-electron chi connectivity index (χ2n) is 11.3. The molecule has 3 fully saturated rings. The van der Waals surface area contributed by atoms with Gasteiger partial charge in [0, 0.05) is 34.8 Å². The minimum atomic E-state index is -0.0332. The van der Waals surface area contributed by atoms with Gasteiger partial charge in [-0.1, -0.05) is 76.9 Å². The molecule has 41 heavy (non-hydrogen) atoms. The van der Waals surface area contributed by atoms with E-state index in [9.17, 15) is 4.79 Å². The lowest BCUT2D eigenvalue weighted by atomic mass is 9.99. The van der Waals surface area contributed by atoms with Crippen molar-refractivity contribution in [2.45, 2.75) is 69.2 Å². The second-order valence-corrected chi connectivity index (χ2v) is 12.1. The van der Waals surface area contributed by atoms with Gasteiger partial charge in [-0.2, -0.15) is 0 Å². The van der Waals surface area contributed by atoms with Crippen molar-refractivity contribution in [2.24, 2.45) is 0 Å². The SMILES string of the molecule is O=C(Nc1ccc(-c2ccccc2)cc1)N1C2CCC1CC(OCc1c(-c3c(Cl)cccc3Cl)noc1C1CC1)C2. The lowest BCUT2D eigenvalue weighted by Crippen LogP contribution is -2.50. The molecule has 1 saturated carbocycles. The predicted octanol–water partition coefficient (Wildman–Crippen LogP) is 8.94. The summed E-state index contributed by atoms with van der Waals surface area (Å²) < 4.78 is 12.3. The zero-order valence-electron chi connectivity index (χ0n) is 22.6. The van der Waals surface area contributed by atoms with E-state index in [1.807, 2.05) is 65.6 Å². The highest BCUT2D eigenvalue weighted by Gasteiger charge is 2.44. The van der Waals surface area contributed by atoms with Crippen molar-refractivity contribution in [3.8, 4) is 22.4 Å². The van der Waals surface area contributed by atoms with Crippen LogP contribution in [-0.2, 0) is 11.3 Å². The van der Waals surface area contributed by atoms with Gasteiger partial charge in [0.1, 0.15) is 11.5 Å². The van der Waals surface area contributed by atoms with Crippen LogP contribution in [0, 0.1) is 0 Å². The van der Waals surface area contributed by atoms with Gasteiger partial charge in [0.25, 0.3) is 0 Å². The summed E-state index contributed by atoms with van der Waals surface area (Å²) in [6.45, 7) is 0.385. The van der Waals surface area contributed by atoms with Crippen LogP contribution < -0.4 is 5.32 Å². The molecule has 3 heterocycles. The van der Waals surface area contributed by atoms with E-state index >= 15 is 0 Å². The maximum absolute atomic E-state index is 13.4. The largest absolute Gasteiger partial charge is 0.373 e. The van der Waals surface area contributed by atoms with E-state index in [1.54, 1.807) is 0 Å². The first-order chi connectivity index (χ1) is 20.0. The Bertz CT molecular complexity index is 1520. The number of fused-ring (bicyclic) bond motifs is 2. The summed E-state index contributed by atoms with van der Waals surface area (Å²) in [4.78, 5) is 15.4. The van der Waals surface area contributed by atoms with Crippen molar-refractivity contribution >= 4 is 34.9 Å². The minimum absolute atomic E-state index is 0.0332. The zero-order chi connectivity index (χ0) is 27.9. The molecular formula is C33H31Cl2N3O3. The van der Waals surface area contributed by atoms with E-state index in [4.69, 9.17) is 32.5 Å². The third-order valence-corrected chi connectivity index (χ3v) is 9.23. The molecule has 2 unspecified atom stereocenters. The van der Waals surface area contributed by atoms with Gasteiger partial charge in [0.2, 0.25) is 0 Å². The topological polar surface area (TPSA) is 67.6 Å². The number of piperidine rings is 1. The summed E-state index contributed by atoms with van der Waals surface area (Å²) in [6.07, 6.45) is 5.83. The number of anilines is 1. The van der Waals surface area contributed by atoms with Gasteiger partial charge < -0.3 is 19.5 Å². The van der Waals surface area contributed by atoms with Crippen LogP contribution in [0.5, 0.6) is 0 Å². The number of carbonyl (C=O) groups excluding carboxylic acids is 1. The van der Waals surface area contributed by atoms with Crippen LogP contribution in [0.25, 0.3) is 22.4 Å². The molecule has 6 nitrogen and oxygen atoms in total. The fourth-order valence-corrected chi connectivity index (χ4v) is 6.99. The number of benzene rings is 3. The van der Waals surface area contributed by atoms with E-state index < -0.39 is 0 Å². The van der Waals surface area contributed by atoms with Crippen molar-refractivity contribution in [1.82, 2.24) is 10.1 Å². The highest BCUT2D eigenvalue weighted by molar-refractivity contribution is 6.39. The molecule has 0 radical (unpaired) electrons. The molecule has 1 aromatic heterocycles. The van der Waals surface area contributed by atoms with Gasteiger partial charge in [-0.3, -0.25) is 0 Å². The van der Waals surface area contributed by atoms with Gasteiger partial charge in [0.15, 0.2) is 0 Å². The van der Waals surface area contributed by atoms with Crippen LogP contribution >= 0.6 is 23.2 Å². The Hall–Kier alpha value is -3.32. The van der Waals surface area contributed by atoms with Gasteiger partial charge in [-0.15, -0.1) is 0 Å². The standard InChI is InChI=1S/C33H31Cl2N3O3/c34-28-7-4-8-29(35)30(28)31-27(32(41-37-31)22-9-10-22)19-40-26-17-24-15-16-25(18-26)38(24)33(39)36-23-13-11-21(12-14-23)20-5-2-1-3-6-20/h1-8,11-14,22,24-26H,9-10,15-19H2,(H,36,39). The molecule has 3 aromatic carbocycles. The monoisotopic (exact) mass is 587 g/mol. The normalized spacial score (nSPS) is 21.7. The molecule has 2 saturated heterocycles. The van der Waals surface area contributed by atoms with Crippen molar-refractivity contribution in [3.63, 3.8) is 0 Å². The van der Waals surface area contributed by atoms with Crippen LogP contribution in [0.4, 0.5) is 10.5 Å². The third kappa shape index (κ3) is 5.36. The number of halogens is 2. The fraction of sp³-hybridized carbons (Fsp3) is 0.333.